The minimum atomic E-state index is -0.631. The maximum atomic E-state index is 11.9. The lowest BCUT2D eigenvalue weighted by molar-refractivity contribution is -0.137. The maximum Gasteiger partial charge on any atom is 0.293 e. The van der Waals surface area contributed by atoms with E-state index in [0.29, 0.717) is 43.0 Å². The summed E-state index contributed by atoms with van der Waals surface area (Å²) in [5.74, 6) is 2.21. The average Bonchev–Trinajstić information content (AvgIpc) is 2.91. The number of rotatable bonds is 5. The van der Waals surface area contributed by atoms with E-state index in [0.717, 1.165) is 51.4 Å². The Balaban J connectivity index is 1.54. The fourth-order valence-corrected chi connectivity index (χ4v) is 7.58. The second-order valence-corrected chi connectivity index (χ2v) is 10.1. The predicted molar refractivity (Wildman–Crippen MR) is 103 cm³/mol. The van der Waals surface area contributed by atoms with Gasteiger partial charge >= 0.3 is 0 Å². The fourth-order valence-electron chi connectivity index (χ4n) is 7.58. The third kappa shape index (κ3) is 2.82. The topological polar surface area (TPSA) is 63.6 Å². The Bertz CT molecular complexity index is 655. The summed E-state index contributed by atoms with van der Waals surface area (Å²) in [5.41, 5.74) is 0.936. The van der Waals surface area contributed by atoms with Crippen molar-refractivity contribution in [1.82, 2.24) is 0 Å². The second-order valence-electron chi connectivity index (χ2n) is 10.1. The number of carbonyl (C=O) groups excluding carboxylic acids is 2. The Morgan fingerprint density at radius 3 is 2.70 bits per heavy atom. The van der Waals surface area contributed by atoms with Crippen LogP contribution in [0.4, 0.5) is 0 Å². The molecule has 0 unspecified atom stereocenters. The van der Waals surface area contributed by atoms with Crippen molar-refractivity contribution in [2.45, 2.75) is 83.7 Å². The third-order valence-corrected chi connectivity index (χ3v) is 9.20. The van der Waals surface area contributed by atoms with Crippen LogP contribution in [0.1, 0.15) is 78.1 Å². The van der Waals surface area contributed by atoms with Gasteiger partial charge in [0, 0.05) is 6.42 Å². The fraction of sp³-hybridized carbons (Fsp3) is 0.826. The summed E-state index contributed by atoms with van der Waals surface area (Å²) in [6.07, 6.45) is 11.6. The maximum absolute atomic E-state index is 11.9. The molecule has 0 aliphatic heterocycles. The third-order valence-electron chi connectivity index (χ3n) is 9.20. The zero-order valence-electron chi connectivity index (χ0n) is 16.8. The van der Waals surface area contributed by atoms with Crippen LogP contribution in [0.2, 0.25) is 0 Å². The molecule has 0 radical (unpaired) electrons. The summed E-state index contributed by atoms with van der Waals surface area (Å²) in [6.45, 7) is 5.62. The summed E-state index contributed by atoms with van der Waals surface area (Å²) < 4.78 is 4.85. The van der Waals surface area contributed by atoms with E-state index in [-0.39, 0.29) is 10.8 Å². The summed E-state index contributed by atoms with van der Waals surface area (Å²) in [7, 11) is 0. The van der Waals surface area contributed by atoms with Crippen molar-refractivity contribution in [3.8, 4) is 0 Å². The lowest BCUT2D eigenvalue weighted by Crippen LogP contribution is -2.54. The molecule has 0 bridgehead atoms. The molecule has 4 heteroatoms. The molecule has 0 aromatic heterocycles. The number of fused-ring (bicyclic) bond motifs is 5. The first kappa shape index (κ1) is 19.2. The van der Waals surface area contributed by atoms with Crippen LogP contribution >= 0.6 is 0 Å². The molecule has 0 aromatic carbocycles. The molecule has 4 aliphatic carbocycles. The van der Waals surface area contributed by atoms with Gasteiger partial charge in [-0.3, -0.25) is 9.59 Å². The number of hydrogen-bond donors (Lipinski definition) is 1. The molecule has 3 saturated carbocycles. The Morgan fingerprint density at radius 2 is 1.93 bits per heavy atom. The Kier molecular flexibility index (Phi) is 4.77. The first-order chi connectivity index (χ1) is 12.8. The van der Waals surface area contributed by atoms with Crippen molar-refractivity contribution in [2.75, 3.05) is 6.61 Å². The van der Waals surface area contributed by atoms with Crippen molar-refractivity contribution < 1.29 is 19.4 Å². The number of aliphatic hydroxyl groups is 1. The Morgan fingerprint density at radius 1 is 1.15 bits per heavy atom. The van der Waals surface area contributed by atoms with Gasteiger partial charge in [0.25, 0.3) is 6.47 Å². The van der Waals surface area contributed by atoms with Crippen LogP contribution in [0.5, 0.6) is 0 Å². The van der Waals surface area contributed by atoms with Gasteiger partial charge in [0.05, 0.1) is 12.2 Å². The molecule has 0 heterocycles. The monoisotopic (exact) mass is 374 g/mol. The number of ether oxygens (including phenoxy) is 1. The predicted octanol–water partition coefficient (Wildman–Crippen LogP) is 4.20. The number of carbonyl (C=O) groups is 2. The summed E-state index contributed by atoms with van der Waals surface area (Å²) in [4.78, 5) is 22.3. The van der Waals surface area contributed by atoms with Crippen LogP contribution in [-0.2, 0) is 14.3 Å². The van der Waals surface area contributed by atoms with Gasteiger partial charge in [-0.2, -0.15) is 0 Å². The van der Waals surface area contributed by atoms with Crippen LogP contribution in [0.3, 0.4) is 0 Å². The van der Waals surface area contributed by atoms with Crippen molar-refractivity contribution >= 4 is 12.3 Å². The van der Waals surface area contributed by atoms with Crippen LogP contribution in [-0.4, -0.2) is 29.6 Å². The smallest absolute Gasteiger partial charge is 0.293 e. The van der Waals surface area contributed by atoms with Gasteiger partial charge < -0.3 is 9.84 Å². The van der Waals surface area contributed by atoms with Gasteiger partial charge in [0.15, 0.2) is 5.78 Å². The first-order valence-corrected chi connectivity index (χ1v) is 10.9. The van der Waals surface area contributed by atoms with E-state index in [2.05, 4.69) is 13.8 Å². The van der Waals surface area contributed by atoms with E-state index < -0.39 is 5.60 Å². The van der Waals surface area contributed by atoms with Gasteiger partial charge in [0.2, 0.25) is 0 Å². The van der Waals surface area contributed by atoms with Crippen LogP contribution in [0.25, 0.3) is 0 Å². The molecule has 150 valence electrons. The highest BCUT2D eigenvalue weighted by atomic mass is 16.5. The average molecular weight is 375 g/mol. The molecule has 0 amide bonds. The highest BCUT2D eigenvalue weighted by Gasteiger charge is 2.63. The van der Waals surface area contributed by atoms with Gasteiger partial charge in [-0.25, -0.2) is 0 Å². The van der Waals surface area contributed by atoms with Crippen molar-refractivity contribution in [2.24, 2.45) is 28.6 Å². The molecule has 4 rings (SSSR count). The molecule has 0 saturated heterocycles. The van der Waals surface area contributed by atoms with E-state index in [4.69, 9.17) is 4.74 Å². The second kappa shape index (κ2) is 6.72. The summed E-state index contributed by atoms with van der Waals surface area (Å²) in [6, 6.07) is 0. The zero-order chi connectivity index (χ0) is 19.3. The first-order valence-electron chi connectivity index (χ1n) is 10.9. The van der Waals surface area contributed by atoms with Gasteiger partial charge in [-0.05, 0) is 92.4 Å². The van der Waals surface area contributed by atoms with Gasteiger partial charge in [-0.15, -0.1) is 0 Å². The lowest BCUT2D eigenvalue weighted by atomic mass is 9.46. The molecular weight excluding hydrogens is 340 g/mol. The summed E-state index contributed by atoms with van der Waals surface area (Å²) >= 11 is 0. The highest BCUT2D eigenvalue weighted by Crippen LogP contribution is 2.68. The molecule has 4 aliphatic rings. The van der Waals surface area contributed by atoms with Crippen LogP contribution in [0.15, 0.2) is 11.6 Å². The number of allylic oxidation sites excluding steroid dienone is 1. The Labute approximate surface area is 162 Å². The van der Waals surface area contributed by atoms with Crippen LogP contribution < -0.4 is 0 Å². The van der Waals surface area contributed by atoms with E-state index in [1.54, 1.807) is 0 Å². The molecule has 0 aromatic rings. The van der Waals surface area contributed by atoms with Gasteiger partial charge in [-0.1, -0.05) is 19.4 Å². The van der Waals surface area contributed by atoms with Gasteiger partial charge in [0.1, 0.15) is 0 Å². The van der Waals surface area contributed by atoms with Crippen molar-refractivity contribution in [3.05, 3.63) is 11.6 Å². The van der Waals surface area contributed by atoms with Crippen LogP contribution in [0, 0.1) is 28.6 Å². The molecular formula is C23H34O4. The highest BCUT2D eigenvalue weighted by molar-refractivity contribution is 5.91. The molecule has 4 nitrogen and oxygen atoms in total. The normalized spacial score (nSPS) is 46.1. The molecule has 3 fully saturated rings. The van der Waals surface area contributed by atoms with Crippen molar-refractivity contribution in [3.63, 3.8) is 0 Å². The van der Waals surface area contributed by atoms with E-state index in [9.17, 15) is 14.7 Å². The number of hydrogen-bond acceptors (Lipinski definition) is 4. The standard InChI is InChI=1S/C23H34O4/c1-21-10-6-17(25)14-16(21)4-5-18-19(21)7-11-22(2)20(18)8-12-23(22,26)9-3-13-27-15-24/h14-15,18-20,26H,3-13H2,1-2H3/t18-,19+,20+,21+,22+,23+/m1/s1. The quantitative estimate of drug-likeness (QED) is 0.578. The molecule has 27 heavy (non-hydrogen) atoms. The Hall–Kier alpha value is -1.16. The molecule has 0 spiro atoms. The lowest BCUT2D eigenvalue weighted by Gasteiger charge is -2.59. The SMILES string of the molecule is C[C@]12CCC(=O)C=C1CC[C@@H]1[C@@H]2CC[C@@]2(C)[C@H]1CC[C@@]2(O)CCCOC=O. The van der Waals surface area contributed by atoms with E-state index >= 15 is 0 Å². The largest absolute Gasteiger partial charge is 0.468 e. The number of ketones is 1. The zero-order valence-corrected chi connectivity index (χ0v) is 16.8. The van der Waals surface area contributed by atoms with Crippen molar-refractivity contribution in [1.29, 1.82) is 0 Å². The minimum Gasteiger partial charge on any atom is -0.468 e. The van der Waals surface area contributed by atoms with E-state index in [1.165, 1.54) is 12.0 Å². The molecule has 6 atom stereocenters. The minimum absolute atomic E-state index is 0.0303. The summed E-state index contributed by atoms with van der Waals surface area (Å²) in [5, 5.41) is 11.6. The van der Waals surface area contributed by atoms with E-state index in [1.807, 2.05) is 6.08 Å². The molecule has 1 N–H and O–H groups in total.